The summed E-state index contributed by atoms with van der Waals surface area (Å²) < 4.78 is 0. The van der Waals surface area contributed by atoms with Crippen LogP contribution in [0.2, 0.25) is 0 Å². The third kappa shape index (κ3) is 1.17. The van der Waals surface area contributed by atoms with Crippen molar-refractivity contribution < 1.29 is 0 Å². The van der Waals surface area contributed by atoms with E-state index >= 15 is 0 Å². The third-order valence-corrected chi connectivity index (χ3v) is 3.13. The normalized spacial score (nSPS) is 35.9. The van der Waals surface area contributed by atoms with Crippen LogP contribution in [-0.4, -0.2) is 6.04 Å². The summed E-state index contributed by atoms with van der Waals surface area (Å²) in [6.45, 7) is 2.27. The van der Waals surface area contributed by atoms with Gasteiger partial charge in [-0.1, -0.05) is 19.8 Å². The molecule has 1 fully saturated rings. The summed E-state index contributed by atoms with van der Waals surface area (Å²) in [5.41, 5.74) is 1.66. The zero-order valence-electron chi connectivity index (χ0n) is 7.27. The summed E-state index contributed by atoms with van der Waals surface area (Å²) >= 11 is 0. The van der Waals surface area contributed by atoms with E-state index in [-0.39, 0.29) is 0 Å². The first-order chi connectivity index (χ1) is 5.42. The molecule has 1 nitrogen and oxygen atoms in total. The van der Waals surface area contributed by atoms with Crippen molar-refractivity contribution in [2.24, 2.45) is 5.92 Å². The van der Waals surface area contributed by atoms with E-state index < -0.39 is 0 Å². The van der Waals surface area contributed by atoms with Crippen LogP contribution in [0.4, 0.5) is 0 Å². The first kappa shape index (κ1) is 7.20. The summed E-state index contributed by atoms with van der Waals surface area (Å²) in [6.07, 6.45) is 9.20. The smallest absolute Gasteiger partial charge is 0.0321 e. The van der Waals surface area contributed by atoms with Crippen molar-refractivity contribution in [2.45, 2.75) is 45.1 Å². The fourth-order valence-corrected chi connectivity index (χ4v) is 2.46. The maximum absolute atomic E-state index is 3.50. The van der Waals surface area contributed by atoms with Gasteiger partial charge >= 0.3 is 0 Å². The van der Waals surface area contributed by atoms with Crippen LogP contribution in [0.25, 0.3) is 0 Å². The second-order valence-electron chi connectivity index (χ2n) is 3.74. The lowest BCUT2D eigenvalue weighted by atomic mass is 9.81. The molecular formula is C10H17N. The second kappa shape index (κ2) is 2.88. The fourth-order valence-electron chi connectivity index (χ4n) is 2.46. The van der Waals surface area contributed by atoms with Crippen LogP contribution in [0.15, 0.2) is 11.8 Å². The van der Waals surface area contributed by atoms with Crippen molar-refractivity contribution >= 4 is 0 Å². The molecule has 0 amide bonds. The minimum Gasteiger partial charge on any atom is -0.388 e. The molecule has 0 saturated heterocycles. The Labute approximate surface area is 68.9 Å². The largest absolute Gasteiger partial charge is 0.388 e. The van der Waals surface area contributed by atoms with Gasteiger partial charge in [-0.15, -0.1) is 0 Å². The summed E-state index contributed by atoms with van der Waals surface area (Å²) in [5, 5.41) is 3.50. The molecule has 1 aliphatic carbocycles. The lowest BCUT2D eigenvalue weighted by Gasteiger charge is -2.27. The molecular weight excluding hydrogens is 134 g/mol. The molecule has 1 heterocycles. The molecule has 11 heavy (non-hydrogen) atoms. The summed E-state index contributed by atoms with van der Waals surface area (Å²) in [6, 6.07) is 0.804. The summed E-state index contributed by atoms with van der Waals surface area (Å²) in [4.78, 5) is 0. The number of fused-ring (bicyclic) bond motifs is 1. The zero-order valence-corrected chi connectivity index (χ0v) is 7.27. The van der Waals surface area contributed by atoms with E-state index in [1.807, 2.05) is 0 Å². The van der Waals surface area contributed by atoms with Gasteiger partial charge in [0.05, 0.1) is 0 Å². The summed E-state index contributed by atoms with van der Waals surface area (Å²) in [5.74, 6) is 0.897. The topological polar surface area (TPSA) is 12.0 Å². The first-order valence-corrected chi connectivity index (χ1v) is 4.87. The highest BCUT2D eigenvalue weighted by Crippen LogP contribution is 2.34. The van der Waals surface area contributed by atoms with Gasteiger partial charge in [0, 0.05) is 12.0 Å². The highest BCUT2D eigenvalue weighted by molar-refractivity contribution is 5.16. The van der Waals surface area contributed by atoms with Gasteiger partial charge in [-0.3, -0.25) is 0 Å². The van der Waals surface area contributed by atoms with Crippen LogP contribution in [-0.2, 0) is 0 Å². The molecule has 0 aromatic carbocycles. The van der Waals surface area contributed by atoms with Crippen molar-refractivity contribution in [1.29, 1.82) is 0 Å². The quantitative estimate of drug-likeness (QED) is 0.607. The van der Waals surface area contributed by atoms with Gasteiger partial charge in [0.2, 0.25) is 0 Å². The molecule has 1 heteroatoms. The van der Waals surface area contributed by atoms with E-state index in [4.69, 9.17) is 0 Å². The highest BCUT2D eigenvalue weighted by Gasteiger charge is 2.30. The Morgan fingerprint density at radius 2 is 2.27 bits per heavy atom. The van der Waals surface area contributed by atoms with E-state index in [0.29, 0.717) is 0 Å². The third-order valence-electron chi connectivity index (χ3n) is 3.13. The van der Waals surface area contributed by atoms with Crippen LogP contribution in [0, 0.1) is 5.92 Å². The molecule has 2 rings (SSSR count). The highest BCUT2D eigenvalue weighted by atomic mass is 14.9. The standard InChI is InChI=1S/C10H17N/c1-2-8-7-11-10-6-4-3-5-9(8)10/h7,9-11H,2-6H2,1H3. The van der Waals surface area contributed by atoms with E-state index in [1.165, 1.54) is 32.1 Å². The number of rotatable bonds is 1. The molecule has 0 spiro atoms. The molecule has 2 aliphatic rings. The maximum atomic E-state index is 3.50. The van der Waals surface area contributed by atoms with E-state index in [1.54, 1.807) is 5.57 Å². The van der Waals surface area contributed by atoms with Gasteiger partial charge in [-0.25, -0.2) is 0 Å². The van der Waals surface area contributed by atoms with Gasteiger partial charge in [0.15, 0.2) is 0 Å². The zero-order chi connectivity index (χ0) is 7.68. The van der Waals surface area contributed by atoms with Gasteiger partial charge in [0.1, 0.15) is 0 Å². The van der Waals surface area contributed by atoms with Crippen molar-refractivity contribution in [2.75, 3.05) is 0 Å². The van der Waals surface area contributed by atoms with E-state index in [9.17, 15) is 0 Å². The first-order valence-electron chi connectivity index (χ1n) is 4.87. The Morgan fingerprint density at radius 1 is 1.45 bits per heavy atom. The Kier molecular flexibility index (Phi) is 1.89. The fraction of sp³-hybridized carbons (Fsp3) is 0.800. The van der Waals surface area contributed by atoms with Crippen molar-refractivity contribution in [1.82, 2.24) is 5.32 Å². The van der Waals surface area contributed by atoms with Crippen molar-refractivity contribution in [3.63, 3.8) is 0 Å². The van der Waals surface area contributed by atoms with E-state index in [2.05, 4.69) is 18.4 Å². The molecule has 1 saturated carbocycles. The second-order valence-corrected chi connectivity index (χ2v) is 3.74. The Hall–Kier alpha value is -0.460. The summed E-state index contributed by atoms with van der Waals surface area (Å²) in [7, 11) is 0. The molecule has 1 aliphatic heterocycles. The minimum absolute atomic E-state index is 0.804. The van der Waals surface area contributed by atoms with Crippen LogP contribution in [0.3, 0.4) is 0 Å². The molecule has 0 radical (unpaired) electrons. The number of hydrogen-bond acceptors (Lipinski definition) is 1. The predicted octanol–water partition coefficient (Wildman–Crippen LogP) is 2.44. The predicted molar refractivity (Wildman–Crippen MR) is 47.3 cm³/mol. The van der Waals surface area contributed by atoms with Gasteiger partial charge in [0.25, 0.3) is 0 Å². The monoisotopic (exact) mass is 151 g/mol. The lowest BCUT2D eigenvalue weighted by Crippen LogP contribution is -2.30. The molecule has 0 aromatic heterocycles. The minimum atomic E-state index is 0.804. The Morgan fingerprint density at radius 3 is 3.09 bits per heavy atom. The molecule has 0 aromatic rings. The average Bonchev–Trinajstić information content (AvgIpc) is 2.47. The van der Waals surface area contributed by atoms with Gasteiger partial charge in [-0.05, 0) is 31.0 Å². The van der Waals surface area contributed by atoms with Crippen LogP contribution in [0.1, 0.15) is 39.0 Å². The average molecular weight is 151 g/mol. The number of hydrogen-bond donors (Lipinski definition) is 1. The van der Waals surface area contributed by atoms with Crippen LogP contribution in [0.5, 0.6) is 0 Å². The Balaban J connectivity index is 2.05. The Bertz CT molecular complexity index is 172. The van der Waals surface area contributed by atoms with E-state index in [0.717, 1.165) is 12.0 Å². The van der Waals surface area contributed by atoms with Crippen molar-refractivity contribution in [3.8, 4) is 0 Å². The molecule has 1 N–H and O–H groups in total. The number of nitrogens with one attached hydrogen (secondary N) is 1. The van der Waals surface area contributed by atoms with Crippen LogP contribution < -0.4 is 5.32 Å². The van der Waals surface area contributed by atoms with Gasteiger partial charge in [-0.2, -0.15) is 0 Å². The lowest BCUT2D eigenvalue weighted by molar-refractivity contribution is 0.338. The van der Waals surface area contributed by atoms with Crippen molar-refractivity contribution in [3.05, 3.63) is 11.8 Å². The molecule has 2 unspecified atom stereocenters. The molecule has 2 atom stereocenters. The van der Waals surface area contributed by atoms with Crippen LogP contribution >= 0.6 is 0 Å². The maximum Gasteiger partial charge on any atom is 0.0321 e. The SMILES string of the molecule is CCC1=CNC2CCCCC12. The molecule has 62 valence electrons. The molecule has 0 bridgehead atoms. The van der Waals surface area contributed by atoms with Gasteiger partial charge < -0.3 is 5.32 Å².